The molecule has 1 amide bonds. The first-order valence-corrected chi connectivity index (χ1v) is 7.64. The van der Waals surface area contributed by atoms with Crippen LogP contribution in [0.1, 0.15) is 29.7 Å². The number of nitrogens with one attached hydrogen (secondary N) is 2. The van der Waals surface area contributed by atoms with Gasteiger partial charge in [0, 0.05) is 17.8 Å². The van der Waals surface area contributed by atoms with Gasteiger partial charge in [0.2, 0.25) is 5.91 Å². The van der Waals surface area contributed by atoms with E-state index in [0.29, 0.717) is 12.3 Å². The molecule has 0 saturated carbocycles. The van der Waals surface area contributed by atoms with Crippen LogP contribution in [0.3, 0.4) is 0 Å². The van der Waals surface area contributed by atoms with Crippen LogP contribution in [0.25, 0.3) is 0 Å². The van der Waals surface area contributed by atoms with Gasteiger partial charge < -0.3 is 10.6 Å². The summed E-state index contributed by atoms with van der Waals surface area (Å²) < 4.78 is 0. The predicted octanol–water partition coefficient (Wildman–Crippen LogP) is 2.10. The Morgan fingerprint density at radius 2 is 2.28 bits per heavy atom. The SMILES string of the molecule is Cc1ccsc1CCNC(=O)CC1CCNCC1. The van der Waals surface area contributed by atoms with Crippen molar-refractivity contribution in [3.63, 3.8) is 0 Å². The molecule has 0 aliphatic carbocycles. The molecule has 100 valence electrons. The molecule has 2 heterocycles. The third-order valence-electron chi connectivity index (χ3n) is 3.58. The minimum absolute atomic E-state index is 0.219. The molecule has 18 heavy (non-hydrogen) atoms. The summed E-state index contributed by atoms with van der Waals surface area (Å²) in [5, 5.41) is 8.48. The lowest BCUT2D eigenvalue weighted by atomic mass is 9.94. The van der Waals surface area contributed by atoms with Gasteiger partial charge in [0.05, 0.1) is 0 Å². The third kappa shape index (κ3) is 4.10. The van der Waals surface area contributed by atoms with Crippen LogP contribution in [-0.2, 0) is 11.2 Å². The molecule has 1 aliphatic rings. The van der Waals surface area contributed by atoms with E-state index < -0.39 is 0 Å². The van der Waals surface area contributed by atoms with Crippen molar-refractivity contribution in [1.82, 2.24) is 10.6 Å². The summed E-state index contributed by atoms with van der Waals surface area (Å²) in [6.07, 6.45) is 3.93. The lowest BCUT2D eigenvalue weighted by Crippen LogP contribution is -2.32. The smallest absolute Gasteiger partial charge is 0.220 e. The molecule has 2 N–H and O–H groups in total. The van der Waals surface area contributed by atoms with Crippen molar-refractivity contribution in [2.75, 3.05) is 19.6 Å². The highest BCUT2D eigenvalue weighted by Crippen LogP contribution is 2.16. The van der Waals surface area contributed by atoms with Gasteiger partial charge in [-0.2, -0.15) is 0 Å². The van der Waals surface area contributed by atoms with Crippen LogP contribution in [0.5, 0.6) is 0 Å². The van der Waals surface area contributed by atoms with Gasteiger partial charge in [-0.25, -0.2) is 0 Å². The van der Waals surface area contributed by atoms with Gasteiger partial charge in [0.1, 0.15) is 0 Å². The van der Waals surface area contributed by atoms with Crippen molar-refractivity contribution >= 4 is 17.2 Å². The molecule has 0 atom stereocenters. The molecule has 4 heteroatoms. The van der Waals surface area contributed by atoms with Crippen LogP contribution in [0.15, 0.2) is 11.4 Å². The first kappa shape index (κ1) is 13.6. The number of thiophene rings is 1. The van der Waals surface area contributed by atoms with E-state index >= 15 is 0 Å². The Bertz CT molecular complexity index is 383. The maximum atomic E-state index is 11.8. The highest BCUT2D eigenvalue weighted by Gasteiger charge is 2.16. The molecule has 1 aromatic heterocycles. The number of amides is 1. The minimum atomic E-state index is 0.219. The predicted molar refractivity (Wildman–Crippen MR) is 76.0 cm³/mol. The van der Waals surface area contributed by atoms with Crippen LogP contribution < -0.4 is 10.6 Å². The Hall–Kier alpha value is -0.870. The summed E-state index contributed by atoms with van der Waals surface area (Å²) >= 11 is 1.78. The fourth-order valence-electron chi connectivity index (χ4n) is 2.40. The minimum Gasteiger partial charge on any atom is -0.356 e. The van der Waals surface area contributed by atoms with Crippen molar-refractivity contribution in [2.45, 2.75) is 32.6 Å². The Labute approximate surface area is 113 Å². The molecule has 0 aromatic carbocycles. The van der Waals surface area contributed by atoms with E-state index in [1.165, 1.54) is 10.4 Å². The Morgan fingerprint density at radius 3 is 2.94 bits per heavy atom. The zero-order chi connectivity index (χ0) is 12.8. The largest absolute Gasteiger partial charge is 0.356 e. The van der Waals surface area contributed by atoms with Gasteiger partial charge in [0.25, 0.3) is 0 Å². The van der Waals surface area contributed by atoms with Gasteiger partial charge in [-0.3, -0.25) is 4.79 Å². The van der Waals surface area contributed by atoms with Crippen LogP contribution >= 0.6 is 11.3 Å². The van der Waals surface area contributed by atoms with E-state index in [9.17, 15) is 4.79 Å². The zero-order valence-electron chi connectivity index (χ0n) is 11.0. The van der Waals surface area contributed by atoms with E-state index in [-0.39, 0.29) is 5.91 Å². The van der Waals surface area contributed by atoms with Crippen LogP contribution in [0, 0.1) is 12.8 Å². The number of carbonyl (C=O) groups excluding carboxylic acids is 1. The lowest BCUT2D eigenvalue weighted by Gasteiger charge is -2.21. The van der Waals surface area contributed by atoms with Gasteiger partial charge in [-0.1, -0.05) is 0 Å². The maximum Gasteiger partial charge on any atom is 0.220 e. The molecular formula is C14H22N2OS. The zero-order valence-corrected chi connectivity index (χ0v) is 11.8. The second-order valence-corrected chi connectivity index (χ2v) is 6.02. The maximum absolute atomic E-state index is 11.8. The first-order chi connectivity index (χ1) is 8.75. The van der Waals surface area contributed by atoms with Gasteiger partial charge in [0.15, 0.2) is 0 Å². The number of hydrogen-bond acceptors (Lipinski definition) is 3. The van der Waals surface area contributed by atoms with Crippen molar-refractivity contribution < 1.29 is 4.79 Å². The summed E-state index contributed by atoms with van der Waals surface area (Å²) in [6.45, 7) is 5.02. The molecule has 3 nitrogen and oxygen atoms in total. The molecule has 1 saturated heterocycles. The standard InChI is InChI=1S/C14H22N2OS/c1-11-5-9-18-13(11)4-8-16-14(17)10-12-2-6-15-7-3-12/h5,9,12,15H,2-4,6-8,10H2,1H3,(H,16,17). The summed E-state index contributed by atoms with van der Waals surface area (Å²) in [7, 11) is 0. The number of hydrogen-bond donors (Lipinski definition) is 2. The van der Waals surface area contributed by atoms with Crippen LogP contribution in [0.2, 0.25) is 0 Å². The second-order valence-electron chi connectivity index (χ2n) is 5.02. The number of carbonyl (C=O) groups is 1. The van der Waals surface area contributed by atoms with Crippen LogP contribution in [0.4, 0.5) is 0 Å². The van der Waals surface area contributed by atoms with E-state index in [2.05, 4.69) is 29.0 Å². The molecule has 1 aromatic rings. The van der Waals surface area contributed by atoms with Gasteiger partial charge in [-0.05, 0) is 62.2 Å². The van der Waals surface area contributed by atoms with Crippen molar-refractivity contribution in [2.24, 2.45) is 5.92 Å². The molecule has 2 rings (SSSR count). The van der Waals surface area contributed by atoms with Crippen molar-refractivity contribution in [3.05, 3.63) is 21.9 Å². The van der Waals surface area contributed by atoms with Crippen molar-refractivity contribution in [3.8, 4) is 0 Å². The Balaban J connectivity index is 1.64. The van der Waals surface area contributed by atoms with E-state index in [1.807, 2.05) is 0 Å². The Morgan fingerprint density at radius 1 is 1.50 bits per heavy atom. The molecule has 0 bridgehead atoms. The number of aryl methyl sites for hydroxylation is 1. The average molecular weight is 266 g/mol. The topological polar surface area (TPSA) is 41.1 Å². The molecule has 0 spiro atoms. The van der Waals surface area contributed by atoms with E-state index in [4.69, 9.17) is 0 Å². The quantitative estimate of drug-likeness (QED) is 0.857. The molecule has 0 radical (unpaired) electrons. The highest BCUT2D eigenvalue weighted by molar-refractivity contribution is 7.10. The summed E-state index contributed by atoms with van der Waals surface area (Å²) in [4.78, 5) is 13.2. The molecule has 1 aliphatic heterocycles. The third-order valence-corrected chi connectivity index (χ3v) is 4.66. The van der Waals surface area contributed by atoms with Crippen molar-refractivity contribution in [1.29, 1.82) is 0 Å². The van der Waals surface area contributed by atoms with Gasteiger partial charge >= 0.3 is 0 Å². The van der Waals surface area contributed by atoms with Gasteiger partial charge in [-0.15, -0.1) is 11.3 Å². The average Bonchev–Trinajstić information content (AvgIpc) is 2.76. The molecule has 0 unspecified atom stereocenters. The summed E-state index contributed by atoms with van der Waals surface area (Å²) in [5.41, 5.74) is 1.34. The van der Waals surface area contributed by atoms with E-state index in [0.717, 1.165) is 38.9 Å². The summed E-state index contributed by atoms with van der Waals surface area (Å²) in [5.74, 6) is 0.797. The molecular weight excluding hydrogens is 244 g/mol. The lowest BCUT2D eigenvalue weighted by molar-refractivity contribution is -0.122. The fourth-order valence-corrected chi connectivity index (χ4v) is 3.31. The first-order valence-electron chi connectivity index (χ1n) is 6.76. The fraction of sp³-hybridized carbons (Fsp3) is 0.643. The number of rotatable bonds is 5. The number of piperidine rings is 1. The van der Waals surface area contributed by atoms with E-state index in [1.54, 1.807) is 11.3 Å². The summed E-state index contributed by atoms with van der Waals surface area (Å²) in [6, 6.07) is 2.14. The Kier molecular flexibility index (Phi) is 5.20. The van der Waals surface area contributed by atoms with Crippen LogP contribution in [-0.4, -0.2) is 25.5 Å². The molecule has 1 fully saturated rings. The highest BCUT2D eigenvalue weighted by atomic mass is 32.1. The monoisotopic (exact) mass is 266 g/mol. The second kappa shape index (κ2) is 6.90. The normalized spacial score (nSPS) is 16.7.